The van der Waals surface area contributed by atoms with Crippen LogP contribution in [0.1, 0.15) is 116 Å². The van der Waals surface area contributed by atoms with Gasteiger partial charge in [0.15, 0.2) is 0 Å². The standard InChI is InChI=1S/C31H52O3/c1-22(2)13-10-14-23(3)15-11-16-24(4)17-12-18-25(5)19-20-33-30-21-26(6)31(34-29(9)32)28(8)27(30)7/h19,21-24H,10-18,20H2,1-9H3. The van der Waals surface area contributed by atoms with E-state index in [4.69, 9.17) is 9.47 Å². The van der Waals surface area contributed by atoms with E-state index in [9.17, 15) is 4.79 Å². The van der Waals surface area contributed by atoms with E-state index < -0.39 is 0 Å². The molecule has 0 aliphatic carbocycles. The minimum absolute atomic E-state index is 0.293. The monoisotopic (exact) mass is 472 g/mol. The summed E-state index contributed by atoms with van der Waals surface area (Å²) in [5.41, 5.74) is 4.31. The largest absolute Gasteiger partial charge is 0.489 e. The molecule has 194 valence electrons. The van der Waals surface area contributed by atoms with Crippen molar-refractivity contribution in [3.8, 4) is 11.5 Å². The van der Waals surface area contributed by atoms with Gasteiger partial charge in [0.2, 0.25) is 0 Å². The van der Waals surface area contributed by atoms with E-state index in [-0.39, 0.29) is 5.97 Å². The Bertz CT molecular complexity index is 775. The van der Waals surface area contributed by atoms with Gasteiger partial charge in [-0.2, -0.15) is 0 Å². The minimum atomic E-state index is -0.293. The zero-order valence-electron chi connectivity index (χ0n) is 23.7. The number of hydrogen-bond donors (Lipinski definition) is 0. The van der Waals surface area contributed by atoms with Gasteiger partial charge in [0.05, 0.1) is 0 Å². The van der Waals surface area contributed by atoms with Crippen molar-refractivity contribution in [2.45, 2.75) is 120 Å². The number of esters is 1. The molecule has 0 fully saturated rings. The molecule has 0 saturated carbocycles. The summed E-state index contributed by atoms with van der Waals surface area (Å²) in [6, 6.07) is 1.97. The van der Waals surface area contributed by atoms with Crippen LogP contribution in [0.15, 0.2) is 17.7 Å². The topological polar surface area (TPSA) is 35.5 Å². The second kappa shape index (κ2) is 16.0. The summed E-state index contributed by atoms with van der Waals surface area (Å²) >= 11 is 0. The van der Waals surface area contributed by atoms with Crippen LogP contribution in [0.4, 0.5) is 0 Å². The molecule has 0 amide bonds. The number of carbonyl (C=O) groups excluding carboxylic acids is 1. The van der Waals surface area contributed by atoms with Gasteiger partial charge in [-0.25, -0.2) is 0 Å². The van der Waals surface area contributed by atoms with Crippen LogP contribution >= 0.6 is 0 Å². The van der Waals surface area contributed by atoms with Gasteiger partial charge in [-0.05, 0) is 87.1 Å². The lowest BCUT2D eigenvalue weighted by Gasteiger charge is -2.16. The molecular formula is C31H52O3. The summed E-state index contributed by atoms with van der Waals surface area (Å²) in [5.74, 6) is 3.76. The molecule has 3 nitrogen and oxygen atoms in total. The van der Waals surface area contributed by atoms with Gasteiger partial charge in [-0.1, -0.05) is 78.2 Å². The summed E-state index contributed by atoms with van der Waals surface area (Å²) < 4.78 is 11.4. The molecule has 1 rings (SSSR count). The van der Waals surface area contributed by atoms with Gasteiger partial charge in [0.25, 0.3) is 0 Å². The fourth-order valence-corrected chi connectivity index (χ4v) is 4.56. The second-order valence-electron chi connectivity index (χ2n) is 11.1. The molecule has 0 spiro atoms. The maximum Gasteiger partial charge on any atom is 0.308 e. The number of aryl methyl sites for hydroxylation is 1. The zero-order chi connectivity index (χ0) is 25.7. The van der Waals surface area contributed by atoms with Crippen molar-refractivity contribution in [1.29, 1.82) is 0 Å². The third-order valence-electron chi connectivity index (χ3n) is 7.04. The molecule has 0 aliphatic rings. The number of carbonyl (C=O) groups is 1. The fourth-order valence-electron chi connectivity index (χ4n) is 4.56. The van der Waals surface area contributed by atoms with Crippen LogP contribution in [0.5, 0.6) is 11.5 Å². The molecule has 0 aromatic heterocycles. The van der Waals surface area contributed by atoms with Crippen molar-refractivity contribution in [2.75, 3.05) is 6.61 Å². The first kappa shape index (κ1) is 30.3. The first-order valence-corrected chi connectivity index (χ1v) is 13.6. The van der Waals surface area contributed by atoms with Crippen molar-refractivity contribution in [3.05, 3.63) is 34.4 Å². The first-order valence-electron chi connectivity index (χ1n) is 13.6. The third-order valence-corrected chi connectivity index (χ3v) is 7.04. The Kier molecular flexibility index (Phi) is 14.2. The summed E-state index contributed by atoms with van der Waals surface area (Å²) in [4.78, 5) is 11.4. The Morgan fingerprint density at radius 2 is 1.41 bits per heavy atom. The molecule has 3 heteroatoms. The molecule has 2 unspecified atom stereocenters. The van der Waals surface area contributed by atoms with Crippen LogP contribution in [0.3, 0.4) is 0 Å². The normalized spacial score (nSPS) is 13.8. The predicted octanol–water partition coefficient (Wildman–Crippen LogP) is 9.30. The van der Waals surface area contributed by atoms with Gasteiger partial charge >= 0.3 is 5.97 Å². The summed E-state index contributed by atoms with van der Waals surface area (Å²) in [7, 11) is 0. The van der Waals surface area contributed by atoms with E-state index in [2.05, 4.69) is 40.7 Å². The molecular weight excluding hydrogens is 420 g/mol. The Balaban J connectivity index is 2.32. The summed E-state index contributed by atoms with van der Waals surface area (Å²) in [5, 5.41) is 0. The minimum Gasteiger partial charge on any atom is -0.489 e. The molecule has 0 saturated heterocycles. The highest BCUT2D eigenvalue weighted by Crippen LogP contribution is 2.33. The van der Waals surface area contributed by atoms with E-state index in [0.29, 0.717) is 12.4 Å². The zero-order valence-corrected chi connectivity index (χ0v) is 23.7. The van der Waals surface area contributed by atoms with Crippen LogP contribution in [-0.2, 0) is 4.79 Å². The number of ether oxygens (including phenoxy) is 2. The van der Waals surface area contributed by atoms with Crippen LogP contribution < -0.4 is 9.47 Å². The quantitative estimate of drug-likeness (QED) is 0.137. The van der Waals surface area contributed by atoms with Crippen LogP contribution in [0.25, 0.3) is 0 Å². The Hall–Kier alpha value is -1.77. The van der Waals surface area contributed by atoms with Gasteiger partial charge < -0.3 is 9.47 Å². The highest BCUT2D eigenvalue weighted by atomic mass is 16.5. The van der Waals surface area contributed by atoms with Crippen LogP contribution in [-0.4, -0.2) is 12.6 Å². The van der Waals surface area contributed by atoms with E-state index in [0.717, 1.165) is 46.6 Å². The molecule has 2 atom stereocenters. The van der Waals surface area contributed by atoms with E-state index in [1.54, 1.807) is 0 Å². The van der Waals surface area contributed by atoms with Crippen molar-refractivity contribution in [3.63, 3.8) is 0 Å². The molecule has 1 aromatic rings. The van der Waals surface area contributed by atoms with Crippen molar-refractivity contribution < 1.29 is 14.3 Å². The molecule has 0 radical (unpaired) electrons. The maximum atomic E-state index is 11.4. The lowest BCUT2D eigenvalue weighted by molar-refractivity contribution is -0.131. The fraction of sp³-hybridized carbons (Fsp3) is 0.710. The maximum absolute atomic E-state index is 11.4. The molecule has 0 bridgehead atoms. The van der Waals surface area contributed by atoms with E-state index >= 15 is 0 Å². The number of hydrogen-bond acceptors (Lipinski definition) is 3. The number of benzene rings is 1. The highest BCUT2D eigenvalue weighted by Gasteiger charge is 2.14. The average molecular weight is 473 g/mol. The highest BCUT2D eigenvalue weighted by molar-refractivity contribution is 5.71. The lowest BCUT2D eigenvalue weighted by Crippen LogP contribution is -2.07. The SMILES string of the molecule is CC(=O)Oc1c(C)cc(OCC=C(C)CCCC(C)CCCC(C)CCCC(C)C)c(C)c1C. The average Bonchev–Trinajstić information content (AvgIpc) is 2.74. The van der Waals surface area contributed by atoms with Gasteiger partial charge in [-0.3, -0.25) is 4.79 Å². The summed E-state index contributed by atoms with van der Waals surface area (Å²) in [6.07, 6.45) is 14.2. The molecule has 34 heavy (non-hydrogen) atoms. The lowest BCUT2D eigenvalue weighted by atomic mass is 9.91. The number of allylic oxidation sites excluding steroid dienone is 1. The van der Waals surface area contributed by atoms with Crippen molar-refractivity contribution >= 4 is 5.97 Å². The Morgan fingerprint density at radius 3 is 1.97 bits per heavy atom. The molecule has 0 N–H and O–H groups in total. The van der Waals surface area contributed by atoms with Crippen molar-refractivity contribution in [2.24, 2.45) is 17.8 Å². The Labute approximate surface area is 210 Å². The Morgan fingerprint density at radius 1 is 0.853 bits per heavy atom. The third kappa shape index (κ3) is 12.1. The summed E-state index contributed by atoms with van der Waals surface area (Å²) in [6.45, 7) is 19.7. The van der Waals surface area contributed by atoms with Crippen LogP contribution in [0.2, 0.25) is 0 Å². The van der Waals surface area contributed by atoms with Gasteiger partial charge in [-0.15, -0.1) is 0 Å². The number of rotatable bonds is 16. The predicted molar refractivity (Wildman–Crippen MR) is 146 cm³/mol. The molecule has 1 aromatic carbocycles. The van der Waals surface area contributed by atoms with Gasteiger partial charge in [0.1, 0.15) is 18.1 Å². The smallest absolute Gasteiger partial charge is 0.308 e. The van der Waals surface area contributed by atoms with Crippen molar-refractivity contribution in [1.82, 2.24) is 0 Å². The van der Waals surface area contributed by atoms with E-state index in [1.165, 1.54) is 63.9 Å². The van der Waals surface area contributed by atoms with Gasteiger partial charge in [0, 0.05) is 6.92 Å². The van der Waals surface area contributed by atoms with E-state index in [1.807, 2.05) is 26.8 Å². The molecule has 0 heterocycles. The van der Waals surface area contributed by atoms with Crippen LogP contribution in [0, 0.1) is 38.5 Å². The second-order valence-corrected chi connectivity index (χ2v) is 11.1. The first-order chi connectivity index (χ1) is 16.0. The molecule has 0 aliphatic heterocycles.